The van der Waals surface area contributed by atoms with Crippen LogP contribution in [-0.4, -0.2) is 26.6 Å². The van der Waals surface area contributed by atoms with Crippen molar-refractivity contribution in [2.45, 2.75) is 0 Å². The van der Waals surface area contributed by atoms with Crippen LogP contribution in [0.4, 0.5) is 0 Å². The summed E-state index contributed by atoms with van der Waals surface area (Å²) in [6.07, 6.45) is 0. The van der Waals surface area contributed by atoms with Gasteiger partial charge in [0.15, 0.2) is 0 Å². The summed E-state index contributed by atoms with van der Waals surface area (Å²) in [6.45, 7) is 0. The van der Waals surface area contributed by atoms with Gasteiger partial charge in [-0.2, -0.15) is 0 Å². The molecular weight excluding hydrogens is 285 g/mol. The molecule has 0 aliphatic rings. The molecule has 1 aromatic carbocycles. The Kier molecular flexibility index (Phi) is 2.56. The number of rotatable bonds is 2. The number of hydrogen-bond donors (Lipinski definition) is 0. The SMILES string of the molecule is COc1ccc(-c2[se]cc3ncsc23)cc1. The first-order chi connectivity index (χ1) is 7.88. The molecule has 3 rings (SSSR count). The summed E-state index contributed by atoms with van der Waals surface area (Å²) >= 11 is 2.15. The summed E-state index contributed by atoms with van der Waals surface area (Å²) in [4.78, 5) is 6.59. The fourth-order valence-corrected chi connectivity index (χ4v) is 4.94. The average molecular weight is 294 g/mol. The number of fused-ring (bicyclic) bond motifs is 1. The maximum absolute atomic E-state index is 5.16. The summed E-state index contributed by atoms with van der Waals surface area (Å²) < 4.78 is 7.94. The Morgan fingerprint density at radius 1 is 1.25 bits per heavy atom. The van der Waals surface area contributed by atoms with Crippen LogP contribution in [0.15, 0.2) is 34.7 Å². The second-order valence-corrected chi connectivity index (χ2v) is 6.06. The van der Waals surface area contributed by atoms with Crippen LogP contribution in [0.3, 0.4) is 0 Å². The van der Waals surface area contributed by atoms with Gasteiger partial charge in [0.1, 0.15) is 0 Å². The molecule has 0 aliphatic heterocycles. The number of hydrogen-bond acceptors (Lipinski definition) is 3. The van der Waals surface area contributed by atoms with Crippen molar-refractivity contribution in [2.24, 2.45) is 0 Å². The Labute approximate surface area is 103 Å². The van der Waals surface area contributed by atoms with Crippen LogP contribution in [0.2, 0.25) is 0 Å². The standard InChI is InChI=1S/C12H9NOSSe/c1-14-9-4-2-8(3-5-9)12-11-10(6-16-12)13-7-15-11/h2-7H,1H3. The van der Waals surface area contributed by atoms with Crippen LogP contribution in [0, 0.1) is 0 Å². The predicted molar refractivity (Wildman–Crippen MR) is 68.5 cm³/mol. The van der Waals surface area contributed by atoms with E-state index in [2.05, 4.69) is 22.1 Å². The summed E-state index contributed by atoms with van der Waals surface area (Å²) in [5, 5.41) is 0. The van der Waals surface area contributed by atoms with Gasteiger partial charge in [-0.1, -0.05) is 0 Å². The van der Waals surface area contributed by atoms with E-state index in [-0.39, 0.29) is 0 Å². The fraction of sp³-hybridized carbons (Fsp3) is 0.0833. The Hall–Kier alpha value is -1.09. The maximum atomic E-state index is 5.16. The molecule has 0 unspecified atom stereocenters. The van der Waals surface area contributed by atoms with E-state index in [9.17, 15) is 0 Å². The molecule has 0 atom stereocenters. The van der Waals surface area contributed by atoms with Crippen LogP contribution in [0.1, 0.15) is 0 Å². The second-order valence-electron chi connectivity index (χ2n) is 3.36. The third-order valence-corrected chi connectivity index (χ3v) is 5.73. The van der Waals surface area contributed by atoms with Crippen LogP contribution in [0.5, 0.6) is 5.75 Å². The van der Waals surface area contributed by atoms with Crippen molar-refractivity contribution in [1.82, 2.24) is 4.98 Å². The normalized spacial score (nSPS) is 10.8. The van der Waals surface area contributed by atoms with Gasteiger partial charge < -0.3 is 0 Å². The van der Waals surface area contributed by atoms with E-state index in [1.807, 2.05) is 17.6 Å². The second kappa shape index (κ2) is 4.05. The number of aromatic nitrogens is 1. The Bertz CT molecular complexity index is 611. The van der Waals surface area contributed by atoms with E-state index in [0.717, 1.165) is 11.3 Å². The van der Waals surface area contributed by atoms with E-state index in [1.165, 1.54) is 14.7 Å². The van der Waals surface area contributed by atoms with Gasteiger partial charge in [0.2, 0.25) is 0 Å². The van der Waals surface area contributed by atoms with Crippen LogP contribution >= 0.6 is 11.3 Å². The van der Waals surface area contributed by atoms with Crippen molar-refractivity contribution in [3.8, 4) is 15.8 Å². The van der Waals surface area contributed by atoms with E-state index in [4.69, 9.17) is 4.74 Å². The van der Waals surface area contributed by atoms with Crippen molar-refractivity contribution in [3.63, 3.8) is 0 Å². The van der Waals surface area contributed by atoms with Crippen molar-refractivity contribution < 1.29 is 4.74 Å². The first-order valence-corrected chi connectivity index (χ1v) is 7.56. The number of nitrogens with zero attached hydrogens (tertiary/aromatic N) is 1. The molecule has 0 spiro atoms. The van der Waals surface area contributed by atoms with Gasteiger partial charge in [-0.25, -0.2) is 0 Å². The number of ether oxygens (including phenoxy) is 1. The third-order valence-electron chi connectivity index (χ3n) is 2.44. The van der Waals surface area contributed by atoms with E-state index >= 15 is 0 Å². The number of thiazole rings is 1. The summed E-state index contributed by atoms with van der Waals surface area (Å²) in [5.74, 6) is 0.906. The quantitative estimate of drug-likeness (QED) is 0.678. The van der Waals surface area contributed by atoms with Gasteiger partial charge in [0.05, 0.1) is 0 Å². The molecule has 80 valence electrons. The fourth-order valence-electron chi connectivity index (χ4n) is 1.62. The minimum absolute atomic E-state index is 0.421. The molecule has 0 N–H and O–H groups in total. The van der Waals surface area contributed by atoms with Gasteiger partial charge in [-0.05, 0) is 0 Å². The van der Waals surface area contributed by atoms with E-state index < -0.39 is 0 Å². The Balaban J connectivity index is 2.12. The first-order valence-electron chi connectivity index (χ1n) is 4.83. The predicted octanol–water partition coefficient (Wildman–Crippen LogP) is 3.03. The average Bonchev–Trinajstić information content (AvgIpc) is 2.91. The zero-order chi connectivity index (χ0) is 11.0. The summed E-state index contributed by atoms with van der Waals surface area (Å²) in [6, 6.07) is 8.27. The molecule has 0 aliphatic carbocycles. The van der Waals surface area contributed by atoms with E-state index in [0.29, 0.717) is 14.5 Å². The first kappa shape index (κ1) is 10.1. The molecule has 0 saturated heterocycles. The molecule has 2 aromatic heterocycles. The van der Waals surface area contributed by atoms with Gasteiger partial charge in [0.25, 0.3) is 0 Å². The van der Waals surface area contributed by atoms with E-state index in [1.54, 1.807) is 18.4 Å². The molecular formula is C12H9NOSSe. The molecule has 0 saturated carbocycles. The van der Waals surface area contributed by atoms with Crippen molar-refractivity contribution in [1.29, 1.82) is 0 Å². The Morgan fingerprint density at radius 2 is 2.06 bits per heavy atom. The van der Waals surface area contributed by atoms with Gasteiger partial charge >= 0.3 is 103 Å². The summed E-state index contributed by atoms with van der Waals surface area (Å²) in [5.41, 5.74) is 4.37. The molecule has 4 heteroatoms. The van der Waals surface area contributed by atoms with Crippen LogP contribution < -0.4 is 4.74 Å². The third kappa shape index (κ3) is 1.59. The molecule has 3 aromatic rings. The molecule has 0 bridgehead atoms. The molecule has 0 fully saturated rings. The monoisotopic (exact) mass is 295 g/mol. The zero-order valence-corrected chi connectivity index (χ0v) is 11.2. The minimum atomic E-state index is 0.421. The number of methoxy groups -OCH3 is 1. The number of benzene rings is 1. The van der Waals surface area contributed by atoms with Gasteiger partial charge in [0, 0.05) is 0 Å². The summed E-state index contributed by atoms with van der Waals surface area (Å²) in [7, 11) is 1.69. The topological polar surface area (TPSA) is 22.1 Å². The van der Waals surface area contributed by atoms with Crippen molar-refractivity contribution in [2.75, 3.05) is 7.11 Å². The molecule has 0 amide bonds. The van der Waals surface area contributed by atoms with Crippen LogP contribution in [-0.2, 0) is 0 Å². The molecule has 2 nitrogen and oxygen atoms in total. The molecule has 2 heterocycles. The van der Waals surface area contributed by atoms with Gasteiger partial charge in [-0.15, -0.1) is 0 Å². The molecule has 16 heavy (non-hydrogen) atoms. The molecule has 0 radical (unpaired) electrons. The Morgan fingerprint density at radius 3 is 2.81 bits per heavy atom. The van der Waals surface area contributed by atoms with Crippen molar-refractivity contribution >= 4 is 36.1 Å². The van der Waals surface area contributed by atoms with Gasteiger partial charge in [-0.3, -0.25) is 0 Å². The van der Waals surface area contributed by atoms with Crippen molar-refractivity contribution in [3.05, 3.63) is 34.7 Å². The zero-order valence-electron chi connectivity index (χ0n) is 8.64. The van der Waals surface area contributed by atoms with Crippen LogP contribution in [0.25, 0.3) is 20.2 Å².